The van der Waals surface area contributed by atoms with Crippen LogP contribution in [-0.2, 0) is 11.3 Å². The summed E-state index contributed by atoms with van der Waals surface area (Å²) in [6, 6.07) is 0.942. The Morgan fingerprint density at radius 1 is 1.46 bits per heavy atom. The number of aromatic amines is 1. The van der Waals surface area contributed by atoms with E-state index in [1.54, 1.807) is 16.3 Å². The number of carbonyl (C=O) groups excluding carboxylic acids is 1. The second-order valence-electron chi connectivity index (χ2n) is 5.18. The Morgan fingerprint density at radius 3 is 2.75 bits per heavy atom. The van der Waals surface area contributed by atoms with Gasteiger partial charge in [0.05, 0.1) is 6.04 Å². The van der Waals surface area contributed by atoms with Gasteiger partial charge in [0.15, 0.2) is 5.65 Å². The molecule has 0 aliphatic rings. The number of rotatable bonds is 6. The molecule has 0 radical (unpaired) electrons. The highest BCUT2D eigenvalue weighted by Gasteiger charge is 2.15. The Bertz CT molecular complexity index is 747. The molecule has 2 aromatic heterocycles. The number of aromatic nitrogens is 3. The first-order chi connectivity index (χ1) is 10.4. The van der Waals surface area contributed by atoms with Gasteiger partial charge in [-0.25, -0.2) is 9.50 Å². The monoisotopic (exact) mass is 395 g/mol. The molecule has 1 atom stereocenters. The summed E-state index contributed by atoms with van der Waals surface area (Å²) in [5, 5.41) is 5.53. The number of nitrogens with one attached hydrogen (secondary N) is 2. The zero-order valence-electron chi connectivity index (χ0n) is 13.8. The third kappa shape index (κ3) is 5.14. The van der Waals surface area contributed by atoms with Crippen molar-refractivity contribution in [3.8, 4) is 0 Å². The lowest BCUT2D eigenvalue weighted by Crippen LogP contribution is -2.40. The summed E-state index contributed by atoms with van der Waals surface area (Å²) >= 11 is 1.66. The van der Waals surface area contributed by atoms with Crippen LogP contribution in [0.2, 0.25) is 0 Å². The van der Waals surface area contributed by atoms with E-state index >= 15 is 0 Å². The summed E-state index contributed by atoms with van der Waals surface area (Å²) in [7, 11) is 0. The number of nitrogens with two attached hydrogens (primary N) is 1. The first-order valence-corrected chi connectivity index (χ1v) is 8.43. The van der Waals surface area contributed by atoms with E-state index in [1.165, 1.54) is 6.07 Å². The van der Waals surface area contributed by atoms with Gasteiger partial charge in [0.1, 0.15) is 0 Å². The average molecular weight is 396 g/mol. The highest BCUT2D eigenvalue weighted by atomic mass is 35.5. The number of halogens is 2. The van der Waals surface area contributed by atoms with Gasteiger partial charge in [0.25, 0.3) is 5.56 Å². The maximum atomic E-state index is 12.0. The van der Waals surface area contributed by atoms with Gasteiger partial charge >= 0.3 is 0 Å². The number of H-pyrrole nitrogens is 1. The molecule has 7 nitrogen and oxygen atoms in total. The Labute approximate surface area is 157 Å². The number of hydrogen-bond acceptors (Lipinski definition) is 5. The molecule has 0 aliphatic carbocycles. The van der Waals surface area contributed by atoms with Crippen molar-refractivity contribution in [3.63, 3.8) is 0 Å². The van der Waals surface area contributed by atoms with Gasteiger partial charge in [0.2, 0.25) is 5.91 Å². The predicted octanol–water partition coefficient (Wildman–Crippen LogP) is 1.18. The topological polar surface area (TPSA) is 105 Å². The fourth-order valence-corrected chi connectivity index (χ4v) is 2.78. The minimum absolute atomic E-state index is 0. The lowest BCUT2D eigenvalue weighted by Gasteiger charge is -2.15. The van der Waals surface area contributed by atoms with Gasteiger partial charge in [-0.3, -0.25) is 14.7 Å². The third-order valence-corrected chi connectivity index (χ3v) is 4.26. The Morgan fingerprint density at radius 2 is 2.12 bits per heavy atom. The largest absolute Gasteiger partial charge is 0.351 e. The number of amides is 1. The highest BCUT2D eigenvalue weighted by Crippen LogP contribution is 2.13. The minimum Gasteiger partial charge on any atom is -0.351 e. The van der Waals surface area contributed by atoms with Gasteiger partial charge in [0, 0.05) is 29.6 Å². The summed E-state index contributed by atoms with van der Waals surface area (Å²) in [5.41, 5.74) is 8.74. The van der Waals surface area contributed by atoms with Crippen molar-refractivity contribution in [2.75, 3.05) is 12.0 Å². The van der Waals surface area contributed by atoms with Crippen LogP contribution in [0, 0.1) is 13.8 Å². The van der Waals surface area contributed by atoms with Crippen LogP contribution in [0.4, 0.5) is 0 Å². The lowest BCUT2D eigenvalue weighted by molar-refractivity contribution is -0.122. The van der Waals surface area contributed by atoms with Crippen LogP contribution >= 0.6 is 36.6 Å². The summed E-state index contributed by atoms with van der Waals surface area (Å²) < 4.78 is 1.63. The fraction of sp³-hybridized carbons (Fsp3) is 0.500. The summed E-state index contributed by atoms with van der Waals surface area (Å²) in [6.45, 7) is 4.08. The maximum absolute atomic E-state index is 12.0. The van der Waals surface area contributed by atoms with Gasteiger partial charge < -0.3 is 11.1 Å². The smallest absolute Gasteiger partial charge is 0.266 e. The number of aryl methyl sites for hydroxylation is 2. The molecule has 0 saturated carbocycles. The molecule has 10 heteroatoms. The number of fused-ring (bicyclic) bond motifs is 1. The maximum Gasteiger partial charge on any atom is 0.266 e. The van der Waals surface area contributed by atoms with E-state index in [0.717, 1.165) is 22.7 Å². The molecule has 2 aromatic rings. The molecule has 0 aliphatic heterocycles. The van der Waals surface area contributed by atoms with Crippen molar-refractivity contribution in [1.82, 2.24) is 19.9 Å². The quantitative estimate of drug-likeness (QED) is 0.680. The molecule has 0 fully saturated rings. The second kappa shape index (κ2) is 9.93. The molecular formula is C14H23Cl2N5O2S. The molecule has 136 valence electrons. The first-order valence-electron chi connectivity index (χ1n) is 7.04. The van der Waals surface area contributed by atoms with Crippen molar-refractivity contribution in [2.24, 2.45) is 5.73 Å². The van der Waals surface area contributed by atoms with E-state index in [2.05, 4.69) is 15.4 Å². The van der Waals surface area contributed by atoms with E-state index < -0.39 is 6.04 Å². The first kappa shape index (κ1) is 22.8. The molecule has 2 heterocycles. The molecule has 0 saturated heterocycles. The molecular weight excluding hydrogens is 373 g/mol. The fourth-order valence-electron chi connectivity index (χ4n) is 2.29. The SMILES string of the molecule is CSCC[C@H](N)C(=O)NCc1c(C)nc2cc(=O)[nH]n2c1C.Cl.Cl. The van der Waals surface area contributed by atoms with Crippen LogP contribution in [0.3, 0.4) is 0 Å². The van der Waals surface area contributed by atoms with E-state index in [4.69, 9.17) is 5.73 Å². The van der Waals surface area contributed by atoms with Crippen molar-refractivity contribution < 1.29 is 4.79 Å². The zero-order valence-corrected chi connectivity index (χ0v) is 16.2. The molecule has 0 unspecified atom stereocenters. The molecule has 24 heavy (non-hydrogen) atoms. The second-order valence-corrected chi connectivity index (χ2v) is 6.17. The Kier molecular flexibility index (Phi) is 9.42. The van der Waals surface area contributed by atoms with Crippen molar-refractivity contribution in [2.45, 2.75) is 32.9 Å². The summed E-state index contributed by atoms with van der Waals surface area (Å²) in [4.78, 5) is 27.8. The molecule has 2 rings (SSSR count). The number of hydrogen-bond donors (Lipinski definition) is 3. The summed E-state index contributed by atoms with van der Waals surface area (Å²) in [6.07, 6.45) is 2.63. The highest BCUT2D eigenvalue weighted by molar-refractivity contribution is 7.98. The van der Waals surface area contributed by atoms with Gasteiger partial charge in [-0.2, -0.15) is 11.8 Å². The normalized spacial score (nSPS) is 11.5. The van der Waals surface area contributed by atoms with Crippen molar-refractivity contribution in [3.05, 3.63) is 33.4 Å². The molecule has 0 spiro atoms. The lowest BCUT2D eigenvalue weighted by atomic mass is 10.1. The van der Waals surface area contributed by atoms with Gasteiger partial charge in [-0.1, -0.05) is 0 Å². The Balaban J connectivity index is 0.00000264. The third-order valence-electron chi connectivity index (χ3n) is 3.61. The minimum atomic E-state index is -0.504. The van der Waals surface area contributed by atoms with E-state index in [0.29, 0.717) is 18.6 Å². The zero-order chi connectivity index (χ0) is 16.3. The molecule has 0 bridgehead atoms. The standard InChI is InChI=1S/C14H21N5O2S.2ClH/c1-8-10(7-16-14(21)11(15)4-5-22-3)9(2)19-12(17-8)6-13(20)18-19;;/h6,11H,4-5,7,15H2,1-3H3,(H,16,21)(H,18,20);2*1H/t11-;;/m0../s1. The van der Waals surface area contributed by atoms with Crippen LogP contribution in [0.5, 0.6) is 0 Å². The number of carbonyl (C=O) groups is 1. The predicted molar refractivity (Wildman–Crippen MR) is 103 cm³/mol. The van der Waals surface area contributed by atoms with Crippen molar-refractivity contribution >= 4 is 48.1 Å². The van der Waals surface area contributed by atoms with E-state index in [1.807, 2.05) is 20.1 Å². The Hall–Kier alpha value is -1.22. The number of thioether (sulfide) groups is 1. The van der Waals surface area contributed by atoms with E-state index in [-0.39, 0.29) is 36.3 Å². The molecule has 1 amide bonds. The molecule has 0 aromatic carbocycles. The van der Waals surface area contributed by atoms with Crippen LogP contribution in [0.25, 0.3) is 5.65 Å². The van der Waals surface area contributed by atoms with Crippen LogP contribution in [0.15, 0.2) is 10.9 Å². The van der Waals surface area contributed by atoms with Crippen molar-refractivity contribution in [1.29, 1.82) is 0 Å². The van der Waals surface area contributed by atoms with Gasteiger partial charge in [-0.15, -0.1) is 24.8 Å². The van der Waals surface area contributed by atoms with Gasteiger partial charge in [-0.05, 0) is 32.3 Å². The summed E-state index contributed by atoms with van der Waals surface area (Å²) in [5.74, 6) is 0.680. The molecule has 4 N–H and O–H groups in total. The number of nitrogens with zero attached hydrogens (tertiary/aromatic N) is 2. The van der Waals surface area contributed by atoms with Crippen LogP contribution in [-0.4, -0.2) is 38.6 Å². The average Bonchev–Trinajstić information content (AvgIpc) is 2.84. The van der Waals surface area contributed by atoms with Crippen LogP contribution in [0.1, 0.15) is 23.4 Å². The van der Waals surface area contributed by atoms with E-state index in [9.17, 15) is 9.59 Å². The van der Waals surface area contributed by atoms with Crippen LogP contribution < -0.4 is 16.6 Å².